The summed E-state index contributed by atoms with van der Waals surface area (Å²) in [5.74, 6) is 1.73. The van der Waals surface area contributed by atoms with Crippen molar-refractivity contribution in [3.8, 4) is 0 Å². The summed E-state index contributed by atoms with van der Waals surface area (Å²) < 4.78 is 6.01. The van der Waals surface area contributed by atoms with E-state index in [1.54, 1.807) is 0 Å². The molecule has 4 fully saturated rings. The number of rotatable bonds is 4. The van der Waals surface area contributed by atoms with Crippen LogP contribution in [0.15, 0.2) is 4.99 Å². The maximum absolute atomic E-state index is 6.01. The van der Waals surface area contributed by atoms with E-state index in [2.05, 4.69) is 22.5 Å². The lowest BCUT2D eigenvalue weighted by molar-refractivity contribution is -0.171. The Hall–Kier alpha value is -0.0400. The van der Waals surface area contributed by atoms with Crippen molar-refractivity contribution < 1.29 is 4.74 Å². The van der Waals surface area contributed by atoms with Gasteiger partial charge in [-0.25, -0.2) is 0 Å². The number of aliphatic imine (C=N–C) groups is 1. The molecule has 0 amide bonds. The quantitative estimate of drug-likeness (QED) is 0.406. The molecule has 1 spiro atoms. The van der Waals surface area contributed by atoms with Crippen molar-refractivity contribution in [2.45, 2.75) is 70.4 Å². The summed E-state index contributed by atoms with van der Waals surface area (Å²) in [6.45, 7) is 4.36. The summed E-state index contributed by atoms with van der Waals surface area (Å²) in [6.07, 6.45) is 11.2. The van der Waals surface area contributed by atoms with E-state index in [1.165, 1.54) is 51.4 Å². The number of guanidine groups is 1. The second-order valence-electron chi connectivity index (χ2n) is 8.09. The topological polar surface area (TPSA) is 45.7 Å². The number of hydrogen-bond donors (Lipinski definition) is 2. The van der Waals surface area contributed by atoms with E-state index < -0.39 is 0 Å². The van der Waals surface area contributed by atoms with Crippen LogP contribution in [0.3, 0.4) is 0 Å². The Kier molecular flexibility index (Phi) is 5.17. The first kappa shape index (κ1) is 17.8. The lowest BCUT2D eigenvalue weighted by Crippen LogP contribution is -2.72. The van der Waals surface area contributed by atoms with Gasteiger partial charge in [-0.2, -0.15) is 0 Å². The van der Waals surface area contributed by atoms with E-state index in [0.29, 0.717) is 28.9 Å². The van der Waals surface area contributed by atoms with Crippen molar-refractivity contribution in [2.24, 2.45) is 21.7 Å². The van der Waals surface area contributed by atoms with Gasteiger partial charge in [-0.3, -0.25) is 4.99 Å². The summed E-state index contributed by atoms with van der Waals surface area (Å²) in [6, 6.07) is 0.582. The second-order valence-corrected chi connectivity index (χ2v) is 8.09. The zero-order valence-electron chi connectivity index (χ0n) is 14.6. The van der Waals surface area contributed by atoms with Crippen LogP contribution in [0.25, 0.3) is 0 Å². The van der Waals surface area contributed by atoms with E-state index in [0.717, 1.165) is 19.1 Å². The molecule has 0 bridgehead atoms. The van der Waals surface area contributed by atoms with Crippen molar-refractivity contribution in [2.75, 3.05) is 20.2 Å². The van der Waals surface area contributed by atoms with E-state index in [1.807, 2.05) is 7.05 Å². The Balaban J connectivity index is 0.00000156. The van der Waals surface area contributed by atoms with Crippen molar-refractivity contribution >= 4 is 29.9 Å². The number of ether oxygens (including phenoxy) is 1. The summed E-state index contributed by atoms with van der Waals surface area (Å²) in [5.41, 5.74) is 0.960. The van der Waals surface area contributed by atoms with E-state index in [9.17, 15) is 0 Å². The van der Waals surface area contributed by atoms with Crippen LogP contribution in [0.5, 0.6) is 0 Å². The van der Waals surface area contributed by atoms with Gasteiger partial charge in [0.25, 0.3) is 0 Å². The van der Waals surface area contributed by atoms with Gasteiger partial charge in [0.2, 0.25) is 0 Å². The Bertz CT molecular complexity index is 454. The predicted octanol–water partition coefficient (Wildman–Crippen LogP) is 3.31. The monoisotopic (exact) mass is 433 g/mol. The fraction of sp³-hybridized carbons (Fsp3) is 0.944. The van der Waals surface area contributed by atoms with Crippen LogP contribution < -0.4 is 10.6 Å². The molecular weight excluding hydrogens is 401 g/mol. The summed E-state index contributed by atoms with van der Waals surface area (Å²) in [4.78, 5) is 4.50. The minimum atomic E-state index is 0. The van der Waals surface area contributed by atoms with Crippen LogP contribution in [0.2, 0.25) is 0 Å². The number of fused-ring (bicyclic) bond motifs is 2. The smallest absolute Gasteiger partial charge is 0.191 e. The molecule has 0 aromatic rings. The number of halogens is 1. The van der Waals surface area contributed by atoms with E-state index >= 15 is 0 Å². The van der Waals surface area contributed by atoms with Crippen molar-refractivity contribution in [1.29, 1.82) is 0 Å². The lowest BCUT2D eigenvalue weighted by Gasteiger charge is -2.63. The van der Waals surface area contributed by atoms with E-state index in [-0.39, 0.29) is 24.0 Å². The second kappa shape index (κ2) is 6.70. The molecule has 3 atom stereocenters. The molecule has 3 unspecified atom stereocenters. The summed E-state index contributed by atoms with van der Waals surface area (Å²) >= 11 is 0. The Morgan fingerprint density at radius 1 is 1.22 bits per heavy atom. The SMILES string of the molecule is CCC1(CNC(=NC)NC2C3CCOC3C23CCC3)CCC1.I. The molecule has 1 aliphatic heterocycles. The Morgan fingerprint density at radius 3 is 2.48 bits per heavy atom. The van der Waals surface area contributed by atoms with E-state index in [4.69, 9.17) is 4.74 Å². The third-order valence-corrected chi connectivity index (χ3v) is 7.35. The maximum Gasteiger partial charge on any atom is 0.191 e. The molecule has 3 aliphatic carbocycles. The molecule has 3 saturated carbocycles. The molecule has 4 aliphatic rings. The lowest BCUT2D eigenvalue weighted by atomic mass is 9.46. The van der Waals surface area contributed by atoms with Crippen molar-refractivity contribution in [1.82, 2.24) is 10.6 Å². The van der Waals surface area contributed by atoms with Gasteiger partial charge >= 0.3 is 0 Å². The normalized spacial score (nSPS) is 36.1. The highest BCUT2D eigenvalue weighted by atomic mass is 127. The number of hydrogen-bond acceptors (Lipinski definition) is 2. The molecule has 23 heavy (non-hydrogen) atoms. The largest absolute Gasteiger partial charge is 0.377 e. The van der Waals surface area contributed by atoms with Crippen LogP contribution in [-0.4, -0.2) is 38.3 Å². The minimum Gasteiger partial charge on any atom is -0.377 e. The summed E-state index contributed by atoms with van der Waals surface area (Å²) in [7, 11) is 1.91. The van der Waals surface area contributed by atoms with Gasteiger partial charge in [0.1, 0.15) is 0 Å². The molecule has 0 aromatic carbocycles. The van der Waals surface area contributed by atoms with Crippen LogP contribution in [0.4, 0.5) is 0 Å². The van der Waals surface area contributed by atoms with Gasteiger partial charge in [-0.05, 0) is 43.9 Å². The molecule has 1 saturated heterocycles. The molecule has 0 radical (unpaired) electrons. The molecule has 0 aromatic heterocycles. The zero-order valence-corrected chi connectivity index (χ0v) is 16.9. The van der Waals surface area contributed by atoms with Crippen LogP contribution >= 0.6 is 24.0 Å². The highest BCUT2D eigenvalue weighted by molar-refractivity contribution is 14.0. The van der Waals surface area contributed by atoms with Crippen LogP contribution in [-0.2, 0) is 4.74 Å². The van der Waals surface area contributed by atoms with Crippen LogP contribution in [0, 0.1) is 16.7 Å². The predicted molar refractivity (Wildman–Crippen MR) is 104 cm³/mol. The third-order valence-electron chi connectivity index (χ3n) is 7.35. The molecule has 5 heteroatoms. The Morgan fingerprint density at radius 2 is 1.96 bits per heavy atom. The van der Waals surface area contributed by atoms with Gasteiger partial charge in [-0.15, -0.1) is 24.0 Å². The number of nitrogens with zero attached hydrogens (tertiary/aromatic N) is 1. The maximum atomic E-state index is 6.01. The third kappa shape index (κ3) is 2.70. The molecule has 132 valence electrons. The minimum absolute atomic E-state index is 0. The fourth-order valence-electron chi connectivity index (χ4n) is 5.40. The fourth-order valence-corrected chi connectivity index (χ4v) is 5.40. The average Bonchev–Trinajstić information content (AvgIpc) is 2.85. The summed E-state index contributed by atoms with van der Waals surface area (Å²) in [5, 5.41) is 7.40. The first-order valence-electron chi connectivity index (χ1n) is 9.32. The van der Waals surface area contributed by atoms with Gasteiger partial charge < -0.3 is 15.4 Å². The van der Waals surface area contributed by atoms with Crippen molar-refractivity contribution in [3.63, 3.8) is 0 Å². The van der Waals surface area contributed by atoms with Gasteiger partial charge in [0.05, 0.1) is 6.10 Å². The first-order valence-corrected chi connectivity index (χ1v) is 9.32. The first-order chi connectivity index (χ1) is 10.7. The number of nitrogens with one attached hydrogen (secondary N) is 2. The van der Waals surface area contributed by atoms with Gasteiger partial charge in [0, 0.05) is 37.6 Å². The Labute approximate surface area is 157 Å². The molecular formula is C18H32IN3O. The molecule has 2 N–H and O–H groups in total. The van der Waals surface area contributed by atoms with Gasteiger partial charge in [0.15, 0.2) is 5.96 Å². The highest BCUT2D eigenvalue weighted by Gasteiger charge is 2.66. The van der Waals surface area contributed by atoms with Crippen LogP contribution in [0.1, 0.15) is 58.3 Å². The van der Waals surface area contributed by atoms with Crippen molar-refractivity contribution in [3.05, 3.63) is 0 Å². The molecule has 4 rings (SSSR count). The molecule has 1 heterocycles. The highest BCUT2D eigenvalue weighted by Crippen LogP contribution is 2.62. The molecule has 4 nitrogen and oxygen atoms in total. The zero-order chi connectivity index (χ0) is 15.2. The average molecular weight is 433 g/mol. The van der Waals surface area contributed by atoms with Gasteiger partial charge in [-0.1, -0.05) is 19.8 Å². The standard InChI is InChI=1S/C18H31N3O.HI/c1-3-17(7-4-8-17)12-20-16(19-2)21-14-13-6-11-22-15(13)18(14)9-5-10-18;/h13-15H,3-12H2,1-2H3,(H2,19,20,21);1H.